The predicted octanol–water partition coefficient (Wildman–Crippen LogP) is -0.460. The summed E-state index contributed by atoms with van der Waals surface area (Å²) in [5, 5.41) is 16.3. The third-order valence-electron chi connectivity index (χ3n) is 1.96. The standard InChI is InChI=1S/C8H17NO5S/c1-3-4-7(10)5-9-15(13,14)6(2)8(11)12/h6-7,9-10H,3-5H2,1-2H3,(H,11,12). The van der Waals surface area contributed by atoms with Crippen molar-refractivity contribution in [3.05, 3.63) is 0 Å². The van der Waals surface area contributed by atoms with Crippen LogP contribution in [0.2, 0.25) is 0 Å². The van der Waals surface area contributed by atoms with Crippen molar-refractivity contribution in [1.29, 1.82) is 0 Å². The van der Waals surface area contributed by atoms with Crippen molar-refractivity contribution in [2.45, 2.75) is 38.0 Å². The summed E-state index contributed by atoms with van der Waals surface area (Å²) in [5.41, 5.74) is 0. The lowest BCUT2D eigenvalue weighted by atomic mass is 10.2. The highest BCUT2D eigenvalue weighted by Crippen LogP contribution is 2.00. The minimum absolute atomic E-state index is 0.145. The molecule has 0 heterocycles. The highest BCUT2D eigenvalue weighted by Gasteiger charge is 2.27. The molecular weight excluding hydrogens is 222 g/mol. The zero-order chi connectivity index (χ0) is 12.1. The van der Waals surface area contributed by atoms with E-state index in [1.54, 1.807) is 0 Å². The number of aliphatic hydroxyl groups excluding tert-OH is 1. The number of aliphatic hydroxyl groups is 1. The summed E-state index contributed by atoms with van der Waals surface area (Å²) in [5.74, 6) is -1.41. The van der Waals surface area contributed by atoms with Gasteiger partial charge < -0.3 is 10.2 Å². The maximum absolute atomic E-state index is 11.3. The first-order valence-corrected chi connectivity index (χ1v) is 6.25. The Hall–Kier alpha value is -0.660. The number of carboxylic acids is 1. The van der Waals surface area contributed by atoms with Gasteiger partial charge in [0.15, 0.2) is 5.25 Å². The average molecular weight is 239 g/mol. The molecule has 0 aromatic rings. The molecule has 2 unspecified atom stereocenters. The van der Waals surface area contributed by atoms with Gasteiger partial charge in [-0.3, -0.25) is 4.79 Å². The quantitative estimate of drug-likeness (QED) is 0.557. The van der Waals surface area contributed by atoms with Gasteiger partial charge in [-0.1, -0.05) is 13.3 Å². The van der Waals surface area contributed by atoms with Crippen molar-refractivity contribution in [2.24, 2.45) is 0 Å². The second-order valence-electron chi connectivity index (χ2n) is 3.32. The minimum Gasteiger partial charge on any atom is -0.480 e. The fourth-order valence-electron chi connectivity index (χ4n) is 0.905. The van der Waals surface area contributed by atoms with Crippen LogP contribution in [0.4, 0.5) is 0 Å². The summed E-state index contributed by atoms with van der Waals surface area (Å²) in [6.45, 7) is 2.79. The number of carbonyl (C=O) groups is 1. The fraction of sp³-hybridized carbons (Fsp3) is 0.875. The van der Waals surface area contributed by atoms with Crippen LogP contribution in [-0.2, 0) is 14.8 Å². The van der Waals surface area contributed by atoms with E-state index >= 15 is 0 Å². The van der Waals surface area contributed by atoms with Gasteiger partial charge in [-0.15, -0.1) is 0 Å². The Morgan fingerprint density at radius 2 is 2.00 bits per heavy atom. The number of aliphatic carboxylic acids is 1. The van der Waals surface area contributed by atoms with Crippen LogP contribution in [0.25, 0.3) is 0 Å². The molecule has 0 aliphatic carbocycles. The molecule has 15 heavy (non-hydrogen) atoms. The molecule has 0 amide bonds. The minimum atomic E-state index is -3.88. The average Bonchev–Trinajstić information content (AvgIpc) is 2.14. The van der Waals surface area contributed by atoms with E-state index in [0.717, 1.165) is 13.3 Å². The smallest absolute Gasteiger partial charge is 0.323 e. The number of hydrogen-bond acceptors (Lipinski definition) is 4. The van der Waals surface area contributed by atoms with E-state index in [-0.39, 0.29) is 6.54 Å². The van der Waals surface area contributed by atoms with Crippen LogP contribution in [0.15, 0.2) is 0 Å². The van der Waals surface area contributed by atoms with Gasteiger partial charge in [0.2, 0.25) is 10.0 Å². The number of rotatable bonds is 7. The molecule has 0 aliphatic heterocycles. The van der Waals surface area contributed by atoms with Crippen molar-refractivity contribution in [2.75, 3.05) is 6.54 Å². The summed E-state index contributed by atoms with van der Waals surface area (Å²) < 4.78 is 24.6. The Morgan fingerprint density at radius 1 is 1.47 bits per heavy atom. The Morgan fingerprint density at radius 3 is 2.40 bits per heavy atom. The van der Waals surface area contributed by atoms with Crippen LogP contribution in [0.1, 0.15) is 26.7 Å². The van der Waals surface area contributed by atoms with Crippen LogP contribution in [-0.4, -0.2) is 42.5 Å². The monoisotopic (exact) mass is 239 g/mol. The summed E-state index contributed by atoms with van der Waals surface area (Å²) in [7, 11) is -3.88. The maximum Gasteiger partial charge on any atom is 0.323 e. The van der Waals surface area contributed by atoms with E-state index in [1.807, 2.05) is 6.92 Å². The molecule has 2 atom stereocenters. The summed E-state index contributed by atoms with van der Waals surface area (Å²) >= 11 is 0. The maximum atomic E-state index is 11.3. The zero-order valence-corrected chi connectivity index (χ0v) is 9.62. The van der Waals surface area contributed by atoms with Crippen LogP contribution < -0.4 is 4.72 Å². The lowest BCUT2D eigenvalue weighted by Gasteiger charge is -2.13. The Balaban J connectivity index is 4.22. The second kappa shape index (κ2) is 6.04. The van der Waals surface area contributed by atoms with E-state index < -0.39 is 27.3 Å². The molecule has 0 bridgehead atoms. The molecule has 0 rings (SSSR count). The highest BCUT2D eigenvalue weighted by molar-refractivity contribution is 7.90. The van der Waals surface area contributed by atoms with Gasteiger partial charge >= 0.3 is 5.97 Å². The van der Waals surface area contributed by atoms with Gasteiger partial charge in [-0.2, -0.15) is 0 Å². The third kappa shape index (κ3) is 5.10. The molecule has 0 saturated heterocycles. The van der Waals surface area contributed by atoms with Gasteiger partial charge in [0, 0.05) is 6.54 Å². The molecular formula is C8H17NO5S. The number of carboxylic acid groups (broad SMARTS) is 1. The van der Waals surface area contributed by atoms with Gasteiger partial charge in [0.1, 0.15) is 0 Å². The molecule has 0 radical (unpaired) electrons. The van der Waals surface area contributed by atoms with Crippen LogP contribution in [0, 0.1) is 0 Å². The third-order valence-corrected chi connectivity index (χ3v) is 3.66. The molecule has 0 aromatic heterocycles. The Labute approximate surface area is 89.4 Å². The van der Waals surface area contributed by atoms with E-state index in [0.29, 0.717) is 6.42 Å². The lowest BCUT2D eigenvalue weighted by molar-refractivity contribution is -0.136. The molecule has 0 spiro atoms. The van der Waals surface area contributed by atoms with Gasteiger partial charge in [0.25, 0.3) is 0 Å². The van der Waals surface area contributed by atoms with Gasteiger partial charge in [-0.25, -0.2) is 13.1 Å². The molecule has 0 aromatic carbocycles. The number of hydrogen-bond donors (Lipinski definition) is 3. The van der Waals surface area contributed by atoms with Crippen molar-refractivity contribution in [3.8, 4) is 0 Å². The molecule has 0 aliphatic rings. The first-order valence-electron chi connectivity index (χ1n) is 4.70. The predicted molar refractivity (Wildman–Crippen MR) is 54.9 cm³/mol. The molecule has 90 valence electrons. The van der Waals surface area contributed by atoms with Crippen molar-refractivity contribution in [3.63, 3.8) is 0 Å². The van der Waals surface area contributed by atoms with Crippen molar-refractivity contribution >= 4 is 16.0 Å². The first kappa shape index (κ1) is 14.3. The molecule has 7 heteroatoms. The van der Waals surface area contributed by atoms with Crippen LogP contribution in [0.5, 0.6) is 0 Å². The van der Waals surface area contributed by atoms with Gasteiger partial charge in [0.05, 0.1) is 6.10 Å². The van der Waals surface area contributed by atoms with Crippen LogP contribution in [0.3, 0.4) is 0 Å². The molecule has 3 N–H and O–H groups in total. The lowest BCUT2D eigenvalue weighted by Crippen LogP contribution is -2.40. The highest BCUT2D eigenvalue weighted by atomic mass is 32.2. The van der Waals surface area contributed by atoms with E-state index in [1.165, 1.54) is 0 Å². The first-order chi connectivity index (χ1) is 6.81. The summed E-state index contributed by atoms with van der Waals surface area (Å²) in [6, 6.07) is 0. The SMILES string of the molecule is CCCC(O)CNS(=O)(=O)C(C)C(=O)O. The van der Waals surface area contributed by atoms with Crippen molar-refractivity contribution < 1.29 is 23.4 Å². The number of sulfonamides is 1. The van der Waals surface area contributed by atoms with Gasteiger partial charge in [-0.05, 0) is 13.3 Å². The normalized spacial score (nSPS) is 15.9. The fourth-order valence-corrected chi connectivity index (χ4v) is 1.85. The van der Waals surface area contributed by atoms with E-state index in [2.05, 4.69) is 4.72 Å². The topological polar surface area (TPSA) is 104 Å². The van der Waals surface area contributed by atoms with E-state index in [4.69, 9.17) is 5.11 Å². The Bertz CT molecular complexity index is 300. The zero-order valence-electron chi connectivity index (χ0n) is 8.80. The largest absolute Gasteiger partial charge is 0.480 e. The van der Waals surface area contributed by atoms with E-state index in [9.17, 15) is 18.3 Å². The molecule has 6 nitrogen and oxygen atoms in total. The number of nitrogens with one attached hydrogen (secondary N) is 1. The second-order valence-corrected chi connectivity index (χ2v) is 5.40. The molecule has 0 saturated carbocycles. The Kier molecular flexibility index (Phi) is 5.77. The van der Waals surface area contributed by atoms with Crippen molar-refractivity contribution in [1.82, 2.24) is 4.72 Å². The summed E-state index contributed by atoms with van der Waals surface area (Å²) in [4.78, 5) is 10.4. The molecule has 0 fully saturated rings. The van der Waals surface area contributed by atoms with Crippen LogP contribution >= 0.6 is 0 Å². The summed E-state index contributed by atoms with van der Waals surface area (Å²) in [6.07, 6.45) is 0.437.